The molecule has 1 atom stereocenters. The molecule has 0 bridgehead atoms. The Labute approximate surface area is 122 Å². The molecule has 0 aromatic heterocycles. The summed E-state index contributed by atoms with van der Waals surface area (Å²) < 4.78 is 0. The van der Waals surface area contributed by atoms with E-state index >= 15 is 0 Å². The van der Waals surface area contributed by atoms with E-state index < -0.39 is 0 Å². The molecule has 1 N–H and O–H groups in total. The van der Waals surface area contributed by atoms with Crippen molar-refractivity contribution < 1.29 is 4.79 Å². The molecule has 1 aromatic rings. The van der Waals surface area contributed by atoms with Crippen molar-refractivity contribution in [1.29, 1.82) is 0 Å². The fourth-order valence-electron chi connectivity index (χ4n) is 2.71. The summed E-state index contributed by atoms with van der Waals surface area (Å²) in [5.41, 5.74) is 1.39. The van der Waals surface area contributed by atoms with E-state index in [1.165, 1.54) is 18.4 Å². The molecule has 3 heteroatoms. The summed E-state index contributed by atoms with van der Waals surface area (Å²) in [5.74, 6) is 0.879. The second-order valence-corrected chi connectivity index (χ2v) is 5.69. The molecule has 20 heavy (non-hydrogen) atoms. The Morgan fingerprint density at radius 1 is 1.20 bits per heavy atom. The van der Waals surface area contributed by atoms with Gasteiger partial charge in [-0.25, -0.2) is 0 Å². The molecule has 1 heterocycles. The van der Waals surface area contributed by atoms with Gasteiger partial charge in [0.25, 0.3) is 0 Å². The maximum absolute atomic E-state index is 11.8. The lowest BCUT2D eigenvalue weighted by atomic mass is 9.98. The van der Waals surface area contributed by atoms with Gasteiger partial charge in [0.1, 0.15) is 0 Å². The van der Waals surface area contributed by atoms with Crippen LogP contribution >= 0.6 is 0 Å². The van der Waals surface area contributed by atoms with Gasteiger partial charge in [0, 0.05) is 26.1 Å². The van der Waals surface area contributed by atoms with Gasteiger partial charge in [-0.1, -0.05) is 37.3 Å². The highest BCUT2D eigenvalue weighted by molar-refractivity contribution is 5.76. The topological polar surface area (TPSA) is 32.3 Å². The molecule has 0 radical (unpaired) electrons. The van der Waals surface area contributed by atoms with E-state index in [2.05, 4.69) is 42.6 Å². The minimum absolute atomic E-state index is 0.311. The predicted octanol–water partition coefficient (Wildman–Crippen LogP) is 2.78. The van der Waals surface area contributed by atoms with Gasteiger partial charge in [0.15, 0.2) is 0 Å². The number of amides is 1. The fraction of sp³-hybridized carbons (Fsp3) is 0.588. The quantitative estimate of drug-likeness (QED) is 0.775. The number of carbonyl (C=O) groups is 1. The van der Waals surface area contributed by atoms with Crippen LogP contribution in [-0.2, 0) is 4.79 Å². The number of carbonyl (C=O) groups excluding carboxylic acids is 1. The molecule has 3 nitrogen and oxygen atoms in total. The number of benzene rings is 1. The van der Waals surface area contributed by atoms with Crippen LogP contribution in [0.4, 0.5) is 0 Å². The van der Waals surface area contributed by atoms with Crippen LogP contribution in [0.3, 0.4) is 0 Å². The largest absolute Gasteiger partial charge is 0.343 e. The minimum Gasteiger partial charge on any atom is -0.343 e. The highest BCUT2D eigenvalue weighted by Gasteiger charge is 2.16. The fourth-order valence-corrected chi connectivity index (χ4v) is 2.71. The van der Waals surface area contributed by atoms with E-state index in [0.29, 0.717) is 18.2 Å². The second-order valence-electron chi connectivity index (χ2n) is 5.69. The first kappa shape index (κ1) is 15.0. The molecular weight excluding hydrogens is 248 g/mol. The summed E-state index contributed by atoms with van der Waals surface area (Å²) in [5, 5.41) is 3.39. The van der Waals surface area contributed by atoms with E-state index in [1.54, 1.807) is 0 Å². The molecule has 1 aromatic carbocycles. The third-order valence-electron chi connectivity index (χ3n) is 4.10. The van der Waals surface area contributed by atoms with E-state index in [0.717, 1.165) is 32.6 Å². The smallest absolute Gasteiger partial charge is 0.223 e. The van der Waals surface area contributed by atoms with Crippen molar-refractivity contribution >= 4 is 5.91 Å². The van der Waals surface area contributed by atoms with Crippen LogP contribution in [0.25, 0.3) is 0 Å². The molecule has 2 rings (SSSR count). The predicted molar refractivity (Wildman–Crippen MR) is 82.8 cm³/mol. The maximum atomic E-state index is 11.8. The van der Waals surface area contributed by atoms with Crippen LogP contribution in [-0.4, -0.2) is 37.0 Å². The molecule has 1 aliphatic rings. The van der Waals surface area contributed by atoms with Gasteiger partial charge in [0.05, 0.1) is 0 Å². The number of rotatable bonds is 7. The highest BCUT2D eigenvalue weighted by Crippen LogP contribution is 2.17. The third kappa shape index (κ3) is 4.64. The van der Waals surface area contributed by atoms with E-state index in [9.17, 15) is 4.79 Å². The second kappa shape index (κ2) is 8.05. The summed E-state index contributed by atoms with van der Waals surface area (Å²) in [7, 11) is 0. The lowest BCUT2D eigenvalue weighted by Gasteiger charge is -2.16. The average molecular weight is 274 g/mol. The van der Waals surface area contributed by atoms with Crippen LogP contribution < -0.4 is 5.32 Å². The Bertz CT molecular complexity index is 399. The van der Waals surface area contributed by atoms with Gasteiger partial charge in [0.2, 0.25) is 5.91 Å². The average Bonchev–Trinajstić information content (AvgIpc) is 3.01. The first-order chi connectivity index (χ1) is 9.77. The lowest BCUT2D eigenvalue weighted by Crippen LogP contribution is -2.31. The molecule has 1 saturated heterocycles. The van der Waals surface area contributed by atoms with Crippen molar-refractivity contribution in [2.75, 3.05) is 26.2 Å². The molecule has 1 fully saturated rings. The molecule has 0 spiro atoms. The molecule has 0 aliphatic carbocycles. The lowest BCUT2D eigenvalue weighted by molar-refractivity contribution is -0.130. The molecular formula is C17H26N2O. The number of nitrogens with one attached hydrogen (secondary N) is 1. The number of hydrogen-bond donors (Lipinski definition) is 1. The molecule has 0 saturated carbocycles. The third-order valence-corrected chi connectivity index (χ3v) is 4.10. The Balaban J connectivity index is 1.56. The van der Waals surface area contributed by atoms with Gasteiger partial charge >= 0.3 is 0 Å². The van der Waals surface area contributed by atoms with Gasteiger partial charge < -0.3 is 10.2 Å². The standard InChI is InChI=1S/C17H26N2O/c1-15(16-7-3-2-4-8-16)9-11-18-12-10-17(20)19-13-5-6-14-19/h2-4,7-8,15,18H,5-6,9-14H2,1H3. The zero-order chi connectivity index (χ0) is 14.2. The van der Waals surface area contributed by atoms with Gasteiger partial charge in [-0.05, 0) is 37.3 Å². The van der Waals surface area contributed by atoms with Gasteiger partial charge in [-0.2, -0.15) is 0 Å². The Morgan fingerprint density at radius 2 is 1.90 bits per heavy atom. The summed E-state index contributed by atoms with van der Waals surface area (Å²) in [4.78, 5) is 13.8. The van der Waals surface area contributed by atoms with Crippen LogP contribution in [0.5, 0.6) is 0 Å². The van der Waals surface area contributed by atoms with Gasteiger partial charge in [-0.15, -0.1) is 0 Å². The molecule has 1 unspecified atom stereocenters. The summed E-state index contributed by atoms with van der Waals surface area (Å²) >= 11 is 0. The monoisotopic (exact) mass is 274 g/mol. The van der Waals surface area contributed by atoms with Crippen molar-refractivity contribution in [3.05, 3.63) is 35.9 Å². The summed E-state index contributed by atoms with van der Waals surface area (Å²) in [6.45, 7) is 5.96. The first-order valence-electron chi connectivity index (χ1n) is 7.81. The number of likely N-dealkylation sites (tertiary alicyclic amines) is 1. The van der Waals surface area contributed by atoms with Crippen molar-refractivity contribution in [1.82, 2.24) is 10.2 Å². The van der Waals surface area contributed by atoms with Crippen molar-refractivity contribution in [3.8, 4) is 0 Å². The molecule has 110 valence electrons. The highest BCUT2D eigenvalue weighted by atomic mass is 16.2. The number of nitrogens with zero attached hydrogens (tertiary/aromatic N) is 1. The van der Waals surface area contributed by atoms with Crippen LogP contribution in [0.2, 0.25) is 0 Å². The zero-order valence-electron chi connectivity index (χ0n) is 12.5. The molecule has 1 aliphatic heterocycles. The van der Waals surface area contributed by atoms with E-state index in [1.807, 2.05) is 4.90 Å². The first-order valence-corrected chi connectivity index (χ1v) is 7.81. The minimum atomic E-state index is 0.311. The maximum Gasteiger partial charge on any atom is 0.223 e. The van der Waals surface area contributed by atoms with Crippen molar-refractivity contribution in [2.45, 2.75) is 38.5 Å². The van der Waals surface area contributed by atoms with Crippen LogP contribution in [0.1, 0.15) is 44.1 Å². The van der Waals surface area contributed by atoms with Gasteiger partial charge in [-0.3, -0.25) is 4.79 Å². The normalized spacial score (nSPS) is 16.4. The van der Waals surface area contributed by atoms with Crippen LogP contribution in [0, 0.1) is 0 Å². The Kier molecular flexibility index (Phi) is 6.06. The Hall–Kier alpha value is -1.35. The van der Waals surface area contributed by atoms with Crippen molar-refractivity contribution in [2.24, 2.45) is 0 Å². The summed E-state index contributed by atoms with van der Waals surface area (Å²) in [6, 6.07) is 10.6. The summed E-state index contributed by atoms with van der Waals surface area (Å²) in [6.07, 6.45) is 4.10. The Morgan fingerprint density at radius 3 is 2.60 bits per heavy atom. The SMILES string of the molecule is CC(CCNCCC(=O)N1CCCC1)c1ccccc1. The van der Waals surface area contributed by atoms with Crippen LogP contribution in [0.15, 0.2) is 30.3 Å². The van der Waals surface area contributed by atoms with E-state index in [4.69, 9.17) is 0 Å². The van der Waals surface area contributed by atoms with Crippen molar-refractivity contribution in [3.63, 3.8) is 0 Å². The van der Waals surface area contributed by atoms with E-state index in [-0.39, 0.29) is 0 Å². The number of hydrogen-bond acceptors (Lipinski definition) is 2. The molecule has 1 amide bonds. The zero-order valence-corrected chi connectivity index (χ0v) is 12.5.